The Kier molecular flexibility index (Phi) is 3.53. The molecule has 1 aliphatic carbocycles. The molecule has 1 rings (SSSR count). The summed E-state index contributed by atoms with van der Waals surface area (Å²) in [5.74, 6) is 0.485. The van der Waals surface area contributed by atoms with E-state index in [0.29, 0.717) is 11.3 Å². The van der Waals surface area contributed by atoms with Crippen LogP contribution in [-0.4, -0.2) is 18.5 Å². The minimum atomic E-state index is -0.336. The summed E-state index contributed by atoms with van der Waals surface area (Å²) >= 11 is 0. The lowest BCUT2D eigenvalue weighted by Crippen LogP contribution is -2.43. The van der Waals surface area contributed by atoms with E-state index in [1.165, 1.54) is 12.8 Å². The fourth-order valence-corrected chi connectivity index (χ4v) is 1.44. The minimum absolute atomic E-state index is 0.00632. The van der Waals surface area contributed by atoms with Crippen molar-refractivity contribution >= 4 is 5.91 Å². The Labute approximate surface area is 86.4 Å². The topological polar surface area (TPSA) is 55.1 Å². The van der Waals surface area contributed by atoms with Crippen LogP contribution < -0.4 is 11.1 Å². The van der Waals surface area contributed by atoms with Gasteiger partial charge in [0.25, 0.3) is 0 Å². The van der Waals surface area contributed by atoms with Crippen molar-refractivity contribution in [2.75, 3.05) is 6.54 Å². The summed E-state index contributed by atoms with van der Waals surface area (Å²) in [7, 11) is 0. The van der Waals surface area contributed by atoms with Gasteiger partial charge in [0.15, 0.2) is 0 Å². The molecule has 82 valence electrons. The van der Waals surface area contributed by atoms with Gasteiger partial charge in [0.2, 0.25) is 5.91 Å². The van der Waals surface area contributed by atoms with Gasteiger partial charge in [0.1, 0.15) is 0 Å². The lowest BCUT2D eigenvalue weighted by Gasteiger charge is -2.16. The average Bonchev–Trinajstić information content (AvgIpc) is 2.79. The van der Waals surface area contributed by atoms with Crippen molar-refractivity contribution in [1.82, 2.24) is 5.32 Å². The fourth-order valence-electron chi connectivity index (χ4n) is 1.44. The number of amides is 1. The van der Waals surface area contributed by atoms with Crippen molar-refractivity contribution in [2.45, 2.75) is 46.1 Å². The summed E-state index contributed by atoms with van der Waals surface area (Å²) in [5, 5.41) is 2.93. The number of hydrogen-bond donors (Lipinski definition) is 2. The molecule has 1 aliphatic rings. The normalized spacial score (nSPS) is 20.6. The molecule has 0 spiro atoms. The number of nitrogens with one attached hydrogen (secondary N) is 1. The van der Waals surface area contributed by atoms with Gasteiger partial charge in [-0.2, -0.15) is 0 Å². The van der Waals surface area contributed by atoms with E-state index in [-0.39, 0.29) is 11.9 Å². The number of nitrogens with two attached hydrogens (primary N) is 1. The molecule has 1 fully saturated rings. The number of hydrogen-bond acceptors (Lipinski definition) is 2. The molecule has 1 unspecified atom stereocenters. The average molecular weight is 198 g/mol. The molecule has 1 atom stereocenters. The molecule has 0 bridgehead atoms. The zero-order chi connectivity index (χ0) is 10.8. The second kappa shape index (κ2) is 4.30. The Hall–Kier alpha value is -0.570. The van der Waals surface area contributed by atoms with E-state index >= 15 is 0 Å². The maximum atomic E-state index is 11.5. The largest absolute Gasteiger partial charge is 0.354 e. The molecule has 1 saturated carbocycles. The van der Waals surface area contributed by atoms with Crippen LogP contribution in [0.4, 0.5) is 0 Å². The van der Waals surface area contributed by atoms with Crippen LogP contribution in [0.25, 0.3) is 0 Å². The highest BCUT2D eigenvalue weighted by Crippen LogP contribution is 2.43. The minimum Gasteiger partial charge on any atom is -0.354 e. The molecule has 1 amide bonds. The monoisotopic (exact) mass is 198 g/mol. The fraction of sp³-hybridized carbons (Fsp3) is 0.909. The SMILES string of the molecule is CC(C)CC(N)C(=O)NCC1(C)CC1. The Morgan fingerprint density at radius 2 is 2.07 bits per heavy atom. The van der Waals surface area contributed by atoms with Crippen molar-refractivity contribution in [2.24, 2.45) is 17.1 Å². The number of carbonyl (C=O) groups is 1. The summed E-state index contributed by atoms with van der Waals surface area (Å²) in [6.07, 6.45) is 3.22. The molecule has 0 aromatic heterocycles. The molecule has 0 aliphatic heterocycles. The molecular formula is C11H22N2O. The molecule has 0 saturated heterocycles. The molecular weight excluding hydrogens is 176 g/mol. The highest BCUT2D eigenvalue weighted by molar-refractivity contribution is 5.81. The van der Waals surface area contributed by atoms with Crippen molar-refractivity contribution in [3.63, 3.8) is 0 Å². The summed E-state index contributed by atoms with van der Waals surface area (Å²) in [6, 6.07) is -0.336. The van der Waals surface area contributed by atoms with Gasteiger partial charge in [-0.3, -0.25) is 4.79 Å². The highest BCUT2D eigenvalue weighted by Gasteiger charge is 2.37. The van der Waals surface area contributed by atoms with Gasteiger partial charge in [0.05, 0.1) is 6.04 Å². The second-order valence-electron chi connectivity index (χ2n) is 5.26. The number of rotatable bonds is 5. The quantitative estimate of drug-likeness (QED) is 0.699. The first-order valence-electron chi connectivity index (χ1n) is 5.46. The Balaban J connectivity index is 2.20. The Morgan fingerprint density at radius 3 is 2.50 bits per heavy atom. The van der Waals surface area contributed by atoms with Gasteiger partial charge in [-0.15, -0.1) is 0 Å². The first kappa shape index (κ1) is 11.5. The third-order valence-corrected chi connectivity index (χ3v) is 2.86. The molecule has 0 radical (unpaired) electrons. The van der Waals surface area contributed by atoms with Crippen LogP contribution in [0.15, 0.2) is 0 Å². The van der Waals surface area contributed by atoms with Crippen LogP contribution in [0.1, 0.15) is 40.0 Å². The molecule has 0 aromatic carbocycles. The summed E-state index contributed by atoms with van der Waals surface area (Å²) in [4.78, 5) is 11.5. The van der Waals surface area contributed by atoms with Crippen molar-refractivity contribution in [1.29, 1.82) is 0 Å². The molecule has 3 heteroatoms. The van der Waals surface area contributed by atoms with Crippen LogP contribution >= 0.6 is 0 Å². The maximum absolute atomic E-state index is 11.5. The molecule has 14 heavy (non-hydrogen) atoms. The van der Waals surface area contributed by atoms with E-state index in [0.717, 1.165) is 13.0 Å². The lowest BCUT2D eigenvalue weighted by molar-refractivity contribution is -0.122. The van der Waals surface area contributed by atoms with Gasteiger partial charge in [-0.25, -0.2) is 0 Å². The Bertz CT molecular complexity index is 209. The van der Waals surface area contributed by atoms with Crippen LogP contribution in [-0.2, 0) is 4.79 Å². The maximum Gasteiger partial charge on any atom is 0.236 e. The lowest BCUT2D eigenvalue weighted by atomic mass is 10.0. The first-order chi connectivity index (χ1) is 6.43. The molecule has 0 aromatic rings. The van der Waals surface area contributed by atoms with Crippen molar-refractivity contribution in [3.8, 4) is 0 Å². The van der Waals surface area contributed by atoms with Crippen molar-refractivity contribution in [3.05, 3.63) is 0 Å². The molecule has 3 N–H and O–H groups in total. The highest BCUT2D eigenvalue weighted by atomic mass is 16.2. The van der Waals surface area contributed by atoms with Gasteiger partial charge >= 0.3 is 0 Å². The van der Waals surface area contributed by atoms with Crippen LogP contribution in [0, 0.1) is 11.3 Å². The zero-order valence-electron chi connectivity index (χ0n) is 9.47. The van der Waals surface area contributed by atoms with Crippen LogP contribution in [0.5, 0.6) is 0 Å². The zero-order valence-corrected chi connectivity index (χ0v) is 9.47. The third kappa shape index (κ3) is 3.66. The van der Waals surface area contributed by atoms with Crippen LogP contribution in [0.2, 0.25) is 0 Å². The van der Waals surface area contributed by atoms with E-state index < -0.39 is 0 Å². The first-order valence-corrected chi connectivity index (χ1v) is 5.46. The summed E-state index contributed by atoms with van der Waals surface area (Å²) in [6.45, 7) is 7.14. The predicted molar refractivity (Wildman–Crippen MR) is 57.8 cm³/mol. The third-order valence-electron chi connectivity index (χ3n) is 2.86. The van der Waals surface area contributed by atoms with E-state index in [4.69, 9.17) is 5.73 Å². The van der Waals surface area contributed by atoms with Gasteiger partial charge in [-0.1, -0.05) is 20.8 Å². The number of carbonyl (C=O) groups excluding carboxylic acids is 1. The molecule has 3 nitrogen and oxygen atoms in total. The molecule has 0 heterocycles. The van der Waals surface area contributed by atoms with Gasteiger partial charge in [0, 0.05) is 6.54 Å². The standard InChI is InChI=1S/C11H22N2O/c1-8(2)6-9(12)10(14)13-7-11(3)4-5-11/h8-9H,4-7,12H2,1-3H3,(H,13,14). The smallest absolute Gasteiger partial charge is 0.236 e. The van der Waals surface area contributed by atoms with E-state index in [1.54, 1.807) is 0 Å². The van der Waals surface area contributed by atoms with Crippen molar-refractivity contribution < 1.29 is 4.79 Å². The van der Waals surface area contributed by atoms with Crippen LogP contribution in [0.3, 0.4) is 0 Å². The van der Waals surface area contributed by atoms with E-state index in [2.05, 4.69) is 26.1 Å². The van der Waals surface area contributed by atoms with E-state index in [9.17, 15) is 4.79 Å². The summed E-state index contributed by atoms with van der Waals surface area (Å²) < 4.78 is 0. The van der Waals surface area contributed by atoms with E-state index in [1.807, 2.05) is 0 Å². The summed E-state index contributed by atoms with van der Waals surface area (Å²) in [5.41, 5.74) is 6.12. The van der Waals surface area contributed by atoms with Gasteiger partial charge in [-0.05, 0) is 30.6 Å². The van der Waals surface area contributed by atoms with Gasteiger partial charge < -0.3 is 11.1 Å². The predicted octanol–water partition coefficient (Wildman–Crippen LogP) is 1.28. The Morgan fingerprint density at radius 1 is 1.50 bits per heavy atom. The second-order valence-corrected chi connectivity index (χ2v) is 5.26.